The van der Waals surface area contributed by atoms with E-state index in [0.29, 0.717) is 10.9 Å². The van der Waals surface area contributed by atoms with Crippen molar-refractivity contribution in [3.05, 3.63) is 28.9 Å². The summed E-state index contributed by atoms with van der Waals surface area (Å²) in [5.74, 6) is 0. The van der Waals surface area contributed by atoms with E-state index in [-0.39, 0.29) is 5.63 Å². The van der Waals surface area contributed by atoms with E-state index in [1.807, 2.05) is 0 Å². The Morgan fingerprint density at radius 1 is 1.60 bits per heavy atom. The minimum Gasteiger partial charge on any atom is -0.338 e. The van der Waals surface area contributed by atoms with E-state index in [9.17, 15) is 4.79 Å². The number of aromatic nitrogens is 2. The molecule has 0 amide bonds. The second-order valence-electron chi connectivity index (χ2n) is 1.91. The molecule has 0 saturated heterocycles. The Balaban J connectivity index is 3.07. The highest BCUT2D eigenvalue weighted by Gasteiger charge is 1.98. The summed E-state index contributed by atoms with van der Waals surface area (Å²) >= 11 is 0. The van der Waals surface area contributed by atoms with Crippen LogP contribution in [-0.2, 0) is 0 Å². The average molecular weight is 136 g/mol. The molecule has 0 aliphatic carbocycles. The van der Waals surface area contributed by atoms with Gasteiger partial charge in [0.15, 0.2) is 0 Å². The lowest BCUT2D eigenvalue weighted by atomic mass is 10.3. The first-order chi connectivity index (χ1) is 4.88. The molecule has 0 saturated carbocycles. The van der Waals surface area contributed by atoms with Crippen LogP contribution >= 0.6 is 0 Å². The quantitative estimate of drug-likeness (QED) is 0.574. The molecule has 0 bridgehead atoms. The van der Waals surface area contributed by atoms with Crippen molar-refractivity contribution in [2.45, 2.75) is 0 Å². The number of pyridine rings is 1. The van der Waals surface area contributed by atoms with Crippen LogP contribution in [0.3, 0.4) is 0 Å². The predicted molar refractivity (Wildman–Crippen MR) is 34.6 cm³/mol. The van der Waals surface area contributed by atoms with Crippen molar-refractivity contribution in [3.8, 4) is 0 Å². The summed E-state index contributed by atoms with van der Waals surface area (Å²) in [5.41, 5.74) is 0.308. The molecular weight excluding hydrogens is 132 g/mol. The number of hydrogen-bond acceptors (Lipinski definition) is 3. The van der Waals surface area contributed by atoms with E-state index < -0.39 is 0 Å². The highest BCUT2D eigenvalue weighted by Crippen LogP contribution is 2.01. The van der Waals surface area contributed by atoms with E-state index in [0.717, 1.165) is 0 Å². The number of nitrogens with zero attached hydrogens (tertiary/aromatic N) is 1. The van der Waals surface area contributed by atoms with Gasteiger partial charge >= 0.3 is 5.63 Å². The van der Waals surface area contributed by atoms with Gasteiger partial charge in [0.1, 0.15) is 5.39 Å². The van der Waals surface area contributed by atoms with Gasteiger partial charge in [0.05, 0.1) is 5.52 Å². The van der Waals surface area contributed by atoms with Gasteiger partial charge in [0.2, 0.25) is 0 Å². The van der Waals surface area contributed by atoms with Crippen LogP contribution in [0.2, 0.25) is 0 Å². The summed E-state index contributed by atoms with van der Waals surface area (Å²) in [7, 11) is 0. The number of aromatic amines is 1. The molecule has 0 aromatic carbocycles. The molecular formula is C6H4N2O2. The molecule has 2 rings (SSSR count). The Kier molecular flexibility index (Phi) is 0.887. The first kappa shape index (κ1) is 5.22. The molecule has 0 unspecified atom stereocenters. The minimum atomic E-state index is -0.372. The van der Waals surface area contributed by atoms with Gasteiger partial charge < -0.3 is 4.52 Å². The highest BCUT2D eigenvalue weighted by molar-refractivity contribution is 5.75. The van der Waals surface area contributed by atoms with Gasteiger partial charge in [0.25, 0.3) is 0 Å². The van der Waals surface area contributed by atoms with E-state index >= 15 is 0 Å². The average Bonchev–Trinajstić information content (AvgIpc) is 2.34. The normalized spacial score (nSPS) is 10.4. The Morgan fingerprint density at radius 2 is 2.50 bits per heavy atom. The van der Waals surface area contributed by atoms with Gasteiger partial charge in [-0.2, -0.15) is 0 Å². The zero-order valence-corrected chi connectivity index (χ0v) is 5.00. The minimum absolute atomic E-state index is 0.372. The third kappa shape index (κ3) is 0.556. The fraction of sp³-hybridized carbons (Fsp3) is 0. The molecule has 0 spiro atoms. The molecule has 2 aromatic rings. The van der Waals surface area contributed by atoms with Crippen LogP contribution in [0.25, 0.3) is 10.9 Å². The fourth-order valence-corrected chi connectivity index (χ4v) is 0.802. The maximum Gasteiger partial charge on any atom is 0.366 e. The third-order valence-corrected chi connectivity index (χ3v) is 1.29. The monoisotopic (exact) mass is 136 g/mol. The zero-order valence-electron chi connectivity index (χ0n) is 5.00. The molecule has 4 nitrogen and oxygen atoms in total. The lowest BCUT2D eigenvalue weighted by molar-refractivity contribution is 0.400. The molecule has 2 aromatic heterocycles. The molecule has 10 heavy (non-hydrogen) atoms. The summed E-state index contributed by atoms with van der Waals surface area (Å²) in [5, 5.41) is 2.95. The van der Waals surface area contributed by atoms with Gasteiger partial charge in [-0.25, -0.2) is 9.95 Å². The second kappa shape index (κ2) is 1.70. The van der Waals surface area contributed by atoms with Crippen LogP contribution < -0.4 is 5.63 Å². The Hall–Kier alpha value is -1.58. The topological polar surface area (TPSA) is 58.9 Å². The largest absolute Gasteiger partial charge is 0.366 e. The highest BCUT2D eigenvalue weighted by atomic mass is 16.5. The Bertz CT molecular complexity index is 401. The van der Waals surface area contributed by atoms with Gasteiger partial charge in [0, 0.05) is 12.4 Å². The summed E-state index contributed by atoms with van der Waals surface area (Å²) in [6, 6.07) is 1.68. The summed E-state index contributed by atoms with van der Waals surface area (Å²) in [4.78, 5) is 14.5. The van der Waals surface area contributed by atoms with Crippen LogP contribution in [0.4, 0.5) is 0 Å². The predicted octanol–water partition coefficient (Wildman–Crippen LogP) is 0.516. The third-order valence-electron chi connectivity index (χ3n) is 1.29. The van der Waals surface area contributed by atoms with Gasteiger partial charge in [-0.3, -0.25) is 4.98 Å². The molecule has 0 radical (unpaired) electrons. The maximum absolute atomic E-state index is 10.7. The molecule has 0 fully saturated rings. The molecule has 1 N–H and O–H groups in total. The number of H-pyrrole nitrogens is 1. The van der Waals surface area contributed by atoms with E-state index in [2.05, 4.69) is 14.7 Å². The van der Waals surface area contributed by atoms with Gasteiger partial charge in [-0.15, -0.1) is 0 Å². The standard InChI is InChI=1S/C6H4N2O2/c9-6-4-3-7-2-1-5(4)8-10-6/h1-3,8H. The van der Waals surface area contributed by atoms with Crippen molar-refractivity contribution < 1.29 is 4.52 Å². The molecule has 0 atom stereocenters. The lowest BCUT2D eigenvalue weighted by Gasteiger charge is -1.78. The van der Waals surface area contributed by atoms with Crippen LogP contribution in [-0.4, -0.2) is 10.1 Å². The van der Waals surface area contributed by atoms with Gasteiger partial charge in [-0.05, 0) is 6.07 Å². The van der Waals surface area contributed by atoms with Crippen LogP contribution in [0.1, 0.15) is 0 Å². The Labute approximate surface area is 55.5 Å². The number of hydrogen-bond donors (Lipinski definition) is 1. The maximum atomic E-state index is 10.7. The van der Waals surface area contributed by atoms with Crippen molar-refractivity contribution in [2.75, 3.05) is 0 Å². The van der Waals surface area contributed by atoms with Crippen LogP contribution in [0.5, 0.6) is 0 Å². The summed E-state index contributed by atoms with van der Waals surface area (Å²) in [6.45, 7) is 0. The molecule has 0 aliphatic heterocycles. The first-order valence-corrected chi connectivity index (χ1v) is 2.79. The zero-order chi connectivity index (χ0) is 6.97. The summed E-state index contributed by atoms with van der Waals surface area (Å²) < 4.78 is 4.49. The second-order valence-corrected chi connectivity index (χ2v) is 1.91. The van der Waals surface area contributed by atoms with Crippen molar-refractivity contribution >= 4 is 10.9 Å². The molecule has 0 aliphatic rings. The lowest BCUT2D eigenvalue weighted by Crippen LogP contribution is -1.90. The molecule has 2 heterocycles. The molecule has 50 valence electrons. The number of fused-ring (bicyclic) bond motifs is 1. The van der Waals surface area contributed by atoms with Crippen molar-refractivity contribution in [3.63, 3.8) is 0 Å². The van der Waals surface area contributed by atoms with E-state index in [4.69, 9.17) is 0 Å². The summed E-state index contributed by atoms with van der Waals surface area (Å²) in [6.07, 6.45) is 3.06. The van der Waals surface area contributed by atoms with Crippen molar-refractivity contribution in [2.24, 2.45) is 0 Å². The smallest absolute Gasteiger partial charge is 0.338 e. The van der Waals surface area contributed by atoms with Crippen LogP contribution in [0, 0.1) is 0 Å². The van der Waals surface area contributed by atoms with Crippen molar-refractivity contribution in [1.82, 2.24) is 10.1 Å². The van der Waals surface area contributed by atoms with E-state index in [1.54, 1.807) is 12.3 Å². The Morgan fingerprint density at radius 3 is 3.30 bits per heavy atom. The molecule has 4 heteroatoms. The van der Waals surface area contributed by atoms with Gasteiger partial charge in [-0.1, -0.05) is 0 Å². The SMILES string of the molecule is O=c1o[nH]c2ccncc12. The number of nitrogens with one attached hydrogen (secondary N) is 1. The van der Waals surface area contributed by atoms with Crippen LogP contribution in [0.15, 0.2) is 27.8 Å². The van der Waals surface area contributed by atoms with Crippen molar-refractivity contribution in [1.29, 1.82) is 0 Å². The first-order valence-electron chi connectivity index (χ1n) is 2.79. The van der Waals surface area contributed by atoms with E-state index in [1.165, 1.54) is 6.20 Å². The fourth-order valence-electron chi connectivity index (χ4n) is 0.802. The number of rotatable bonds is 0.